The number of hydrogen-bond donors (Lipinski definition) is 2. The quantitative estimate of drug-likeness (QED) is 0.732. The largest absolute Gasteiger partial charge is 0.353 e. The number of nitrogens with two attached hydrogens (primary N) is 1. The minimum Gasteiger partial charge on any atom is -0.353 e. The SMILES string of the molecule is CCC[C@@H](N)C(=O)NCC1(N(C)C)CCCC1. The molecule has 0 radical (unpaired) electrons. The van der Waals surface area contributed by atoms with E-state index in [1.807, 2.05) is 6.92 Å². The zero-order chi connectivity index (χ0) is 12.9. The standard InChI is InChI=1S/C13H27N3O/c1-4-7-11(14)12(17)15-10-13(16(2)3)8-5-6-9-13/h11H,4-10,14H2,1-3H3,(H,15,17)/t11-/m1/s1. The van der Waals surface area contributed by atoms with Gasteiger partial charge in [0.05, 0.1) is 6.04 Å². The fraction of sp³-hybridized carbons (Fsp3) is 0.923. The first kappa shape index (κ1) is 14.5. The summed E-state index contributed by atoms with van der Waals surface area (Å²) in [6, 6.07) is -0.347. The molecule has 0 aromatic rings. The molecule has 0 heterocycles. The van der Waals surface area contributed by atoms with Crippen molar-refractivity contribution in [2.75, 3.05) is 20.6 Å². The van der Waals surface area contributed by atoms with Crippen LogP contribution in [-0.2, 0) is 4.79 Å². The molecule has 1 aliphatic rings. The van der Waals surface area contributed by atoms with Gasteiger partial charge in [0.2, 0.25) is 5.91 Å². The normalized spacial score (nSPS) is 20.5. The molecule has 17 heavy (non-hydrogen) atoms. The molecule has 100 valence electrons. The van der Waals surface area contributed by atoms with Crippen LogP contribution >= 0.6 is 0 Å². The highest BCUT2D eigenvalue weighted by Crippen LogP contribution is 2.33. The van der Waals surface area contributed by atoms with Crippen molar-refractivity contribution < 1.29 is 4.79 Å². The van der Waals surface area contributed by atoms with Gasteiger partial charge in [-0.05, 0) is 33.4 Å². The lowest BCUT2D eigenvalue weighted by atomic mass is 9.96. The summed E-state index contributed by atoms with van der Waals surface area (Å²) in [6.45, 7) is 2.78. The summed E-state index contributed by atoms with van der Waals surface area (Å²) in [5.41, 5.74) is 5.96. The summed E-state index contributed by atoms with van der Waals surface area (Å²) in [7, 11) is 4.20. The van der Waals surface area contributed by atoms with E-state index in [-0.39, 0.29) is 17.5 Å². The van der Waals surface area contributed by atoms with Crippen LogP contribution in [0.25, 0.3) is 0 Å². The van der Waals surface area contributed by atoms with Gasteiger partial charge in [-0.15, -0.1) is 0 Å². The van der Waals surface area contributed by atoms with E-state index in [9.17, 15) is 4.79 Å². The second-order valence-electron chi connectivity index (χ2n) is 5.44. The van der Waals surface area contributed by atoms with Gasteiger partial charge in [0.1, 0.15) is 0 Å². The Balaban J connectivity index is 2.45. The molecule has 1 rings (SSSR count). The predicted octanol–water partition coefficient (Wildman–Crippen LogP) is 1.10. The van der Waals surface area contributed by atoms with Gasteiger partial charge in [-0.25, -0.2) is 0 Å². The number of nitrogens with zero attached hydrogens (tertiary/aromatic N) is 1. The first-order chi connectivity index (χ1) is 8.02. The van der Waals surface area contributed by atoms with Crippen molar-refractivity contribution in [1.82, 2.24) is 10.2 Å². The first-order valence-electron chi connectivity index (χ1n) is 6.72. The molecule has 1 aliphatic carbocycles. The van der Waals surface area contributed by atoms with Crippen LogP contribution in [0.4, 0.5) is 0 Å². The molecule has 1 atom stereocenters. The molecule has 1 amide bonds. The Morgan fingerprint density at radius 2 is 2.00 bits per heavy atom. The molecule has 1 saturated carbocycles. The Morgan fingerprint density at radius 3 is 2.47 bits per heavy atom. The number of likely N-dealkylation sites (N-methyl/N-ethyl adjacent to an activating group) is 1. The van der Waals surface area contributed by atoms with Crippen LogP contribution in [0.2, 0.25) is 0 Å². The third-order valence-corrected chi connectivity index (χ3v) is 4.01. The van der Waals surface area contributed by atoms with Crippen LogP contribution in [0.3, 0.4) is 0 Å². The highest BCUT2D eigenvalue weighted by molar-refractivity contribution is 5.81. The molecule has 0 spiro atoms. The van der Waals surface area contributed by atoms with Crippen LogP contribution < -0.4 is 11.1 Å². The Bertz CT molecular complexity index is 247. The van der Waals surface area contributed by atoms with Crippen molar-refractivity contribution in [2.45, 2.75) is 57.0 Å². The minimum atomic E-state index is -0.347. The molecule has 0 aromatic carbocycles. The average Bonchev–Trinajstić information content (AvgIpc) is 2.76. The lowest BCUT2D eigenvalue weighted by Crippen LogP contribution is -2.53. The number of carbonyl (C=O) groups is 1. The van der Waals surface area contributed by atoms with Gasteiger partial charge in [-0.1, -0.05) is 26.2 Å². The first-order valence-corrected chi connectivity index (χ1v) is 6.72. The van der Waals surface area contributed by atoms with Crippen molar-refractivity contribution in [3.8, 4) is 0 Å². The lowest BCUT2D eigenvalue weighted by molar-refractivity contribution is -0.123. The van der Waals surface area contributed by atoms with Crippen LogP contribution in [-0.4, -0.2) is 43.0 Å². The van der Waals surface area contributed by atoms with Gasteiger partial charge in [0.15, 0.2) is 0 Å². The van der Waals surface area contributed by atoms with Crippen molar-refractivity contribution in [3.63, 3.8) is 0 Å². The highest BCUT2D eigenvalue weighted by Gasteiger charge is 2.36. The summed E-state index contributed by atoms with van der Waals surface area (Å²) in [4.78, 5) is 14.1. The van der Waals surface area contributed by atoms with Crippen LogP contribution in [0, 0.1) is 0 Å². The third kappa shape index (κ3) is 3.68. The van der Waals surface area contributed by atoms with Gasteiger partial charge in [-0.2, -0.15) is 0 Å². The summed E-state index contributed by atoms with van der Waals surface area (Å²) < 4.78 is 0. The summed E-state index contributed by atoms with van der Waals surface area (Å²) in [5, 5.41) is 3.03. The molecule has 0 unspecified atom stereocenters. The van der Waals surface area contributed by atoms with Crippen molar-refractivity contribution in [2.24, 2.45) is 5.73 Å². The zero-order valence-electron chi connectivity index (χ0n) is 11.5. The fourth-order valence-electron chi connectivity index (χ4n) is 2.64. The molecule has 1 fully saturated rings. The number of carbonyl (C=O) groups excluding carboxylic acids is 1. The van der Waals surface area contributed by atoms with E-state index in [4.69, 9.17) is 5.73 Å². The van der Waals surface area contributed by atoms with Crippen LogP contribution in [0.1, 0.15) is 45.4 Å². The number of nitrogens with one attached hydrogen (secondary N) is 1. The van der Waals surface area contributed by atoms with Gasteiger partial charge in [0.25, 0.3) is 0 Å². The number of hydrogen-bond acceptors (Lipinski definition) is 3. The second-order valence-corrected chi connectivity index (χ2v) is 5.44. The molecule has 0 aromatic heterocycles. The maximum atomic E-state index is 11.8. The van der Waals surface area contributed by atoms with Gasteiger partial charge in [-0.3, -0.25) is 4.79 Å². The van der Waals surface area contributed by atoms with E-state index >= 15 is 0 Å². The molecular formula is C13H27N3O. The van der Waals surface area contributed by atoms with E-state index in [2.05, 4.69) is 24.3 Å². The summed E-state index contributed by atoms with van der Waals surface area (Å²) >= 11 is 0. The molecule has 4 nitrogen and oxygen atoms in total. The van der Waals surface area contributed by atoms with E-state index < -0.39 is 0 Å². The summed E-state index contributed by atoms with van der Waals surface area (Å²) in [6.07, 6.45) is 6.57. The zero-order valence-corrected chi connectivity index (χ0v) is 11.5. The molecule has 0 aliphatic heterocycles. The Labute approximate surface area is 105 Å². The average molecular weight is 241 g/mol. The topological polar surface area (TPSA) is 58.4 Å². The Hall–Kier alpha value is -0.610. The number of amides is 1. The Kier molecular flexibility index (Phi) is 5.40. The van der Waals surface area contributed by atoms with Crippen LogP contribution in [0.5, 0.6) is 0 Å². The van der Waals surface area contributed by atoms with Gasteiger partial charge < -0.3 is 16.0 Å². The molecular weight excluding hydrogens is 214 g/mol. The Morgan fingerprint density at radius 1 is 1.41 bits per heavy atom. The maximum absolute atomic E-state index is 11.8. The molecule has 0 bridgehead atoms. The lowest BCUT2D eigenvalue weighted by Gasteiger charge is -2.36. The van der Waals surface area contributed by atoms with Crippen LogP contribution in [0.15, 0.2) is 0 Å². The van der Waals surface area contributed by atoms with E-state index in [0.717, 1.165) is 19.4 Å². The summed E-state index contributed by atoms with van der Waals surface area (Å²) in [5.74, 6) is -0.0000231. The second kappa shape index (κ2) is 6.36. The monoisotopic (exact) mass is 241 g/mol. The van der Waals surface area contributed by atoms with Crippen molar-refractivity contribution in [1.29, 1.82) is 0 Å². The molecule has 3 N–H and O–H groups in total. The minimum absolute atomic E-state index is 0.0000231. The van der Waals surface area contributed by atoms with E-state index in [0.29, 0.717) is 0 Å². The predicted molar refractivity (Wildman–Crippen MR) is 70.8 cm³/mol. The molecule has 0 saturated heterocycles. The van der Waals surface area contributed by atoms with Gasteiger partial charge >= 0.3 is 0 Å². The van der Waals surface area contributed by atoms with E-state index in [1.165, 1.54) is 25.7 Å². The van der Waals surface area contributed by atoms with E-state index in [1.54, 1.807) is 0 Å². The third-order valence-electron chi connectivity index (χ3n) is 4.01. The smallest absolute Gasteiger partial charge is 0.236 e. The van der Waals surface area contributed by atoms with Gasteiger partial charge in [0, 0.05) is 12.1 Å². The highest BCUT2D eigenvalue weighted by atomic mass is 16.2. The number of rotatable bonds is 6. The molecule has 4 heteroatoms. The fourth-order valence-corrected chi connectivity index (χ4v) is 2.64. The van der Waals surface area contributed by atoms with Crippen molar-refractivity contribution in [3.05, 3.63) is 0 Å². The maximum Gasteiger partial charge on any atom is 0.236 e. The van der Waals surface area contributed by atoms with Crippen molar-refractivity contribution >= 4 is 5.91 Å².